The van der Waals surface area contributed by atoms with Gasteiger partial charge in [-0.2, -0.15) is 4.98 Å². The van der Waals surface area contributed by atoms with Crippen LogP contribution in [-0.4, -0.2) is 41.1 Å². The molecule has 3 rings (SSSR count). The molecule has 134 valence electrons. The lowest BCUT2D eigenvalue weighted by Crippen LogP contribution is -2.35. The summed E-state index contributed by atoms with van der Waals surface area (Å²) >= 11 is 0. The van der Waals surface area contributed by atoms with Crippen molar-refractivity contribution in [1.29, 1.82) is 0 Å². The third-order valence-electron chi connectivity index (χ3n) is 4.94. The quantitative estimate of drug-likeness (QED) is 0.874. The molecule has 1 fully saturated rings. The van der Waals surface area contributed by atoms with E-state index in [0.29, 0.717) is 18.3 Å². The third-order valence-corrected chi connectivity index (χ3v) is 4.94. The summed E-state index contributed by atoms with van der Waals surface area (Å²) in [5.41, 5.74) is 2.83. The molecule has 0 spiro atoms. The van der Waals surface area contributed by atoms with Gasteiger partial charge in [0.2, 0.25) is 0 Å². The van der Waals surface area contributed by atoms with E-state index in [2.05, 4.69) is 51.5 Å². The Morgan fingerprint density at radius 1 is 1.40 bits per heavy atom. The number of benzene rings is 1. The van der Waals surface area contributed by atoms with E-state index in [4.69, 9.17) is 4.52 Å². The van der Waals surface area contributed by atoms with Crippen molar-refractivity contribution in [2.24, 2.45) is 5.92 Å². The van der Waals surface area contributed by atoms with E-state index in [0.717, 1.165) is 19.5 Å². The molecular formula is C19H26N4O2. The number of nitrogens with one attached hydrogen (secondary N) is 1. The SMILES string of the molecule is CNC(=O)c1nc(CN2CCC[C@@H](CCc3ccccc3C)C2)no1. The molecular weight excluding hydrogens is 316 g/mol. The van der Waals surface area contributed by atoms with Gasteiger partial charge in [0.05, 0.1) is 6.54 Å². The second-order valence-corrected chi connectivity index (χ2v) is 6.80. The number of nitrogens with zero attached hydrogens (tertiary/aromatic N) is 3. The lowest BCUT2D eigenvalue weighted by molar-refractivity contribution is 0.0919. The molecule has 0 saturated carbocycles. The molecule has 0 aliphatic carbocycles. The molecule has 1 aromatic carbocycles. The van der Waals surface area contributed by atoms with E-state index in [1.807, 2.05) is 0 Å². The van der Waals surface area contributed by atoms with Crippen molar-refractivity contribution >= 4 is 5.91 Å². The molecule has 6 nitrogen and oxygen atoms in total. The molecule has 1 aliphatic rings. The normalized spacial score (nSPS) is 18.2. The van der Waals surface area contributed by atoms with E-state index in [-0.39, 0.29) is 11.8 Å². The number of amides is 1. The summed E-state index contributed by atoms with van der Waals surface area (Å²) in [5, 5.41) is 6.41. The predicted octanol–water partition coefficient (Wildman–Crippen LogP) is 2.58. The van der Waals surface area contributed by atoms with Crippen molar-refractivity contribution in [2.45, 2.75) is 39.2 Å². The first-order valence-corrected chi connectivity index (χ1v) is 8.97. The maximum Gasteiger partial charge on any atom is 0.315 e. The molecule has 1 saturated heterocycles. The standard InChI is InChI=1S/C19H26N4O2/c1-14-6-3-4-8-16(14)10-9-15-7-5-11-23(12-15)13-17-21-19(25-22-17)18(24)20-2/h3-4,6,8,15H,5,7,9-13H2,1-2H3,(H,20,24)/t15-/m0/s1. The number of aryl methyl sites for hydroxylation is 2. The molecule has 1 N–H and O–H groups in total. The van der Waals surface area contributed by atoms with Gasteiger partial charge in [0.15, 0.2) is 5.82 Å². The molecule has 0 unspecified atom stereocenters. The van der Waals surface area contributed by atoms with Crippen LogP contribution in [0.25, 0.3) is 0 Å². The highest BCUT2D eigenvalue weighted by Crippen LogP contribution is 2.23. The minimum absolute atomic E-state index is 0.0330. The zero-order valence-electron chi connectivity index (χ0n) is 15.0. The van der Waals surface area contributed by atoms with Crippen molar-refractivity contribution in [3.63, 3.8) is 0 Å². The number of aromatic nitrogens is 2. The largest absolute Gasteiger partial charge is 0.351 e. The number of hydrogen-bond donors (Lipinski definition) is 1. The van der Waals surface area contributed by atoms with Crippen LogP contribution < -0.4 is 5.32 Å². The molecule has 1 aromatic heterocycles. The fraction of sp³-hybridized carbons (Fsp3) is 0.526. The van der Waals surface area contributed by atoms with E-state index >= 15 is 0 Å². The summed E-state index contributed by atoms with van der Waals surface area (Å²) in [4.78, 5) is 18.0. The Labute approximate surface area is 148 Å². The van der Waals surface area contributed by atoms with Crippen molar-refractivity contribution in [3.8, 4) is 0 Å². The van der Waals surface area contributed by atoms with Gasteiger partial charge >= 0.3 is 11.8 Å². The van der Waals surface area contributed by atoms with Crippen molar-refractivity contribution in [3.05, 3.63) is 47.1 Å². The predicted molar refractivity (Wildman–Crippen MR) is 95.2 cm³/mol. The van der Waals surface area contributed by atoms with Gasteiger partial charge < -0.3 is 9.84 Å². The Bertz CT molecular complexity index is 713. The summed E-state index contributed by atoms with van der Waals surface area (Å²) in [6, 6.07) is 8.63. The molecule has 2 heterocycles. The molecule has 25 heavy (non-hydrogen) atoms. The van der Waals surface area contributed by atoms with Crippen LogP contribution >= 0.6 is 0 Å². The van der Waals surface area contributed by atoms with E-state index in [1.54, 1.807) is 7.05 Å². The Balaban J connectivity index is 1.52. The highest BCUT2D eigenvalue weighted by atomic mass is 16.5. The van der Waals surface area contributed by atoms with Gasteiger partial charge in [-0.25, -0.2) is 0 Å². The number of rotatable bonds is 6. The van der Waals surface area contributed by atoms with Gasteiger partial charge in [0, 0.05) is 13.6 Å². The van der Waals surface area contributed by atoms with Crippen LogP contribution in [0.1, 0.15) is 46.9 Å². The van der Waals surface area contributed by atoms with Crippen LogP contribution in [0, 0.1) is 12.8 Å². The number of carbonyl (C=O) groups excluding carboxylic acids is 1. The fourth-order valence-electron chi connectivity index (χ4n) is 3.50. The monoisotopic (exact) mass is 342 g/mol. The summed E-state index contributed by atoms with van der Waals surface area (Å²) in [7, 11) is 1.55. The van der Waals surface area contributed by atoms with Gasteiger partial charge in [0.1, 0.15) is 0 Å². The fourth-order valence-corrected chi connectivity index (χ4v) is 3.50. The summed E-state index contributed by atoms with van der Waals surface area (Å²) < 4.78 is 5.00. The van der Waals surface area contributed by atoms with Crippen LogP contribution in [0.5, 0.6) is 0 Å². The van der Waals surface area contributed by atoms with Crippen molar-refractivity contribution in [1.82, 2.24) is 20.4 Å². The number of piperidine rings is 1. The Kier molecular flexibility index (Phi) is 5.81. The molecule has 0 radical (unpaired) electrons. The zero-order chi connectivity index (χ0) is 17.6. The van der Waals surface area contributed by atoms with Crippen molar-refractivity contribution < 1.29 is 9.32 Å². The maximum absolute atomic E-state index is 11.5. The minimum Gasteiger partial charge on any atom is -0.351 e. The minimum atomic E-state index is -0.339. The van der Waals surface area contributed by atoms with Gasteiger partial charge in [-0.3, -0.25) is 9.69 Å². The average Bonchev–Trinajstić information content (AvgIpc) is 3.09. The van der Waals surface area contributed by atoms with Gasteiger partial charge in [-0.05, 0) is 56.2 Å². The summed E-state index contributed by atoms with van der Waals surface area (Å²) in [5.74, 6) is 0.968. The number of hydrogen-bond acceptors (Lipinski definition) is 5. The van der Waals surface area contributed by atoms with E-state index in [9.17, 15) is 4.79 Å². The van der Waals surface area contributed by atoms with Gasteiger partial charge in [-0.15, -0.1) is 0 Å². The number of likely N-dealkylation sites (tertiary alicyclic amines) is 1. The Morgan fingerprint density at radius 3 is 3.04 bits per heavy atom. The lowest BCUT2D eigenvalue weighted by atomic mass is 9.90. The van der Waals surface area contributed by atoms with E-state index < -0.39 is 0 Å². The van der Waals surface area contributed by atoms with Crippen LogP contribution in [0.2, 0.25) is 0 Å². The Morgan fingerprint density at radius 2 is 2.24 bits per heavy atom. The summed E-state index contributed by atoms with van der Waals surface area (Å²) in [6.07, 6.45) is 4.81. The van der Waals surface area contributed by atoms with Crippen LogP contribution in [-0.2, 0) is 13.0 Å². The smallest absolute Gasteiger partial charge is 0.315 e. The highest BCUT2D eigenvalue weighted by molar-refractivity contribution is 5.89. The molecule has 2 aromatic rings. The molecule has 1 aliphatic heterocycles. The first-order chi connectivity index (χ1) is 12.2. The van der Waals surface area contributed by atoms with Crippen LogP contribution in [0.3, 0.4) is 0 Å². The van der Waals surface area contributed by atoms with Gasteiger partial charge in [0.25, 0.3) is 0 Å². The second kappa shape index (κ2) is 8.25. The first-order valence-electron chi connectivity index (χ1n) is 8.97. The Hall–Kier alpha value is -2.21. The molecule has 1 atom stereocenters. The molecule has 0 bridgehead atoms. The third kappa shape index (κ3) is 4.66. The lowest BCUT2D eigenvalue weighted by Gasteiger charge is -2.32. The van der Waals surface area contributed by atoms with E-state index in [1.165, 1.54) is 30.4 Å². The second-order valence-electron chi connectivity index (χ2n) is 6.80. The van der Waals surface area contributed by atoms with Gasteiger partial charge in [-0.1, -0.05) is 29.4 Å². The number of carbonyl (C=O) groups is 1. The average molecular weight is 342 g/mol. The van der Waals surface area contributed by atoms with Crippen LogP contribution in [0.4, 0.5) is 0 Å². The summed E-state index contributed by atoms with van der Waals surface area (Å²) in [6.45, 7) is 4.92. The van der Waals surface area contributed by atoms with Crippen LogP contribution in [0.15, 0.2) is 28.8 Å². The highest BCUT2D eigenvalue weighted by Gasteiger charge is 2.22. The first kappa shape index (κ1) is 17.6. The molecule has 1 amide bonds. The zero-order valence-corrected chi connectivity index (χ0v) is 15.0. The molecule has 6 heteroatoms. The van der Waals surface area contributed by atoms with Crippen molar-refractivity contribution in [2.75, 3.05) is 20.1 Å². The maximum atomic E-state index is 11.5. The topological polar surface area (TPSA) is 71.3 Å².